The van der Waals surface area contributed by atoms with Crippen molar-refractivity contribution < 1.29 is 27.6 Å². The normalized spacial score (nSPS) is 11.5. The third-order valence-corrected chi connectivity index (χ3v) is 5.83. The SMILES string of the molecule is Cc1ccc(S(=O)(=O)O)c(CCOc2cc(/C=C/c3ccc([N+](=O)[O-])cc3)ccc2[N+](=O)[O-])c1. The van der Waals surface area contributed by atoms with E-state index in [1.165, 1.54) is 36.4 Å². The van der Waals surface area contributed by atoms with E-state index in [9.17, 15) is 33.2 Å². The summed E-state index contributed by atoms with van der Waals surface area (Å²) in [7, 11) is -4.43. The molecule has 0 saturated heterocycles. The molecule has 0 aromatic heterocycles. The molecule has 0 unspecified atom stereocenters. The first-order chi connectivity index (χ1) is 16.0. The lowest BCUT2D eigenvalue weighted by atomic mass is 10.1. The lowest BCUT2D eigenvalue weighted by Crippen LogP contribution is -2.09. The van der Waals surface area contributed by atoms with Crippen LogP contribution < -0.4 is 4.74 Å². The highest BCUT2D eigenvalue weighted by Gasteiger charge is 2.18. The molecule has 0 spiro atoms. The maximum atomic E-state index is 11.6. The molecule has 11 heteroatoms. The van der Waals surface area contributed by atoms with E-state index in [2.05, 4.69) is 0 Å². The highest BCUT2D eigenvalue weighted by Crippen LogP contribution is 2.29. The molecule has 3 rings (SSSR count). The Kier molecular flexibility index (Phi) is 7.39. The van der Waals surface area contributed by atoms with E-state index in [1.54, 1.807) is 43.3 Å². The van der Waals surface area contributed by atoms with Gasteiger partial charge in [0.25, 0.3) is 15.8 Å². The van der Waals surface area contributed by atoms with Crippen molar-refractivity contribution in [3.05, 3.63) is 103 Å². The maximum absolute atomic E-state index is 11.6. The van der Waals surface area contributed by atoms with Crippen molar-refractivity contribution in [2.24, 2.45) is 0 Å². The van der Waals surface area contributed by atoms with Gasteiger partial charge in [-0.2, -0.15) is 8.42 Å². The van der Waals surface area contributed by atoms with Gasteiger partial charge in [0.15, 0.2) is 5.75 Å². The summed E-state index contributed by atoms with van der Waals surface area (Å²) in [6, 6.07) is 14.6. The smallest absolute Gasteiger partial charge is 0.310 e. The zero-order valence-electron chi connectivity index (χ0n) is 18.0. The number of rotatable bonds is 9. The van der Waals surface area contributed by atoms with Crippen LogP contribution in [0, 0.1) is 27.2 Å². The van der Waals surface area contributed by atoms with Crippen LogP contribution in [0.5, 0.6) is 5.75 Å². The third-order valence-electron chi connectivity index (χ3n) is 4.88. The molecule has 34 heavy (non-hydrogen) atoms. The van der Waals surface area contributed by atoms with E-state index in [-0.39, 0.29) is 35.0 Å². The van der Waals surface area contributed by atoms with Gasteiger partial charge in [-0.05, 0) is 53.9 Å². The van der Waals surface area contributed by atoms with Crippen molar-refractivity contribution in [1.82, 2.24) is 0 Å². The number of nitrogens with zero attached hydrogens (tertiary/aromatic N) is 2. The van der Waals surface area contributed by atoms with Crippen molar-refractivity contribution in [3.63, 3.8) is 0 Å². The Morgan fingerprint density at radius 3 is 2.18 bits per heavy atom. The highest BCUT2D eigenvalue weighted by molar-refractivity contribution is 7.85. The molecule has 1 N–H and O–H groups in total. The Hall–Kier alpha value is -4.09. The summed E-state index contributed by atoms with van der Waals surface area (Å²) >= 11 is 0. The van der Waals surface area contributed by atoms with Gasteiger partial charge in [-0.15, -0.1) is 0 Å². The van der Waals surface area contributed by atoms with Crippen LogP contribution in [-0.2, 0) is 16.5 Å². The molecule has 0 bridgehead atoms. The van der Waals surface area contributed by atoms with Crippen molar-refractivity contribution in [2.75, 3.05) is 6.61 Å². The molecule has 0 atom stereocenters. The fourth-order valence-corrected chi connectivity index (χ4v) is 3.96. The van der Waals surface area contributed by atoms with Gasteiger partial charge >= 0.3 is 5.69 Å². The first-order valence-corrected chi connectivity index (χ1v) is 11.4. The Balaban J connectivity index is 1.79. The molecule has 0 radical (unpaired) electrons. The monoisotopic (exact) mass is 484 g/mol. The summed E-state index contributed by atoms with van der Waals surface area (Å²) in [5.41, 5.74) is 2.11. The van der Waals surface area contributed by atoms with Crippen LogP contribution in [0.1, 0.15) is 22.3 Å². The predicted molar refractivity (Wildman–Crippen MR) is 125 cm³/mol. The van der Waals surface area contributed by atoms with Crippen molar-refractivity contribution in [1.29, 1.82) is 0 Å². The number of aryl methyl sites for hydroxylation is 1. The van der Waals surface area contributed by atoms with Crippen molar-refractivity contribution in [3.8, 4) is 5.75 Å². The highest BCUT2D eigenvalue weighted by atomic mass is 32.2. The standard InChI is InChI=1S/C23H20N2O8S/c1-16-2-11-23(34(30,31)32)19(14-16)12-13-33-22-15-18(7-10-21(22)25(28)29)4-3-17-5-8-20(9-6-17)24(26)27/h2-11,14-15H,12-13H2,1H3,(H,30,31,32)/b4-3+. The second kappa shape index (κ2) is 10.2. The van der Waals surface area contributed by atoms with Gasteiger partial charge < -0.3 is 4.74 Å². The molecular weight excluding hydrogens is 464 g/mol. The summed E-state index contributed by atoms with van der Waals surface area (Å²) < 4.78 is 38.3. The van der Waals surface area contributed by atoms with Gasteiger partial charge in [-0.25, -0.2) is 0 Å². The van der Waals surface area contributed by atoms with E-state index in [0.29, 0.717) is 16.7 Å². The first kappa shape index (κ1) is 24.6. The molecule has 0 amide bonds. The molecule has 176 valence electrons. The van der Waals surface area contributed by atoms with Crippen LogP contribution in [0.15, 0.2) is 65.6 Å². The number of hydrogen-bond acceptors (Lipinski definition) is 7. The Morgan fingerprint density at radius 2 is 1.56 bits per heavy atom. The molecule has 0 fully saturated rings. The van der Waals surface area contributed by atoms with E-state index < -0.39 is 20.0 Å². The van der Waals surface area contributed by atoms with Gasteiger partial charge in [0.1, 0.15) is 0 Å². The van der Waals surface area contributed by atoms with Crippen LogP contribution in [0.3, 0.4) is 0 Å². The summed E-state index contributed by atoms with van der Waals surface area (Å²) in [6.45, 7) is 1.70. The van der Waals surface area contributed by atoms with Crippen molar-refractivity contribution >= 4 is 33.6 Å². The summed E-state index contributed by atoms with van der Waals surface area (Å²) in [5, 5.41) is 22.2. The minimum absolute atomic E-state index is 0.00286. The molecule has 3 aromatic rings. The fraction of sp³-hybridized carbons (Fsp3) is 0.130. The van der Waals surface area contributed by atoms with Crippen LogP contribution in [0.2, 0.25) is 0 Å². The van der Waals surface area contributed by atoms with Gasteiger partial charge in [0.2, 0.25) is 0 Å². The average Bonchev–Trinajstić information content (AvgIpc) is 2.77. The Bertz CT molecular complexity index is 1370. The molecule has 0 aliphatic rings. The van der Waals surface area contributed by atoms with Crippen LogP contribution in [-0.4, -0.2) is 29.4 Å². The number of ether oxygens (including phenoxy) is 1. The topological polar surface area (TPSA) is 150 Å². The van der Waals surface area contributed by atoms with E-state index in [1.807, 2.05) is 0 Å². The number of nitro groups is 2. The predicted octanol–water partition coefficient (Wildman–Crippen LogP) is 4.85. The largest absolute Gasteiger partial charge is 0.486 e. The molecule has 3 aromatic carbocycles. The van der Waals surface area contributed by atoms with E-state index in [4.69, 9.17) is 4.74 Å². The van der Waals surface area contributed by atoms with E-state index in [0.717, 1.165) is 5.56 Å². The lowest BCUT2D eigenvalue weighted by Gasteiger charge is -2.11. The Labute approximate surface area is 195 Å². The van der Waals surface area contributed by atoms with Crippen LogP contribution >= 0.6 is 0 Å². The van der Waals surface area contributed by atoms with Gasteiger partial charge in [0.05, 0.1) is 21.3 Å². The molecule has 0 saturated carbocycles. The lowest BCUT2D eigenvalue weighted by molar-refractivity contribution is -0.385. The molecular formula is C23H20N2O8S. The zero-order chi connectivity index (χ0) is 24.9. The fourth-order valence-electron chi connectivity index (χ4n) is 3.23. The number of non-ortho nitro benzene ring substituents is 1. The van der Waals surface area contributed by atoms with Crippen molar-refractivity contribution in [2.45, 2.75) is 18.2 Å². The number of nitro benzene ring substituents is 2. The molecule has 10 nitrogen and oxygen atoms in total. The van der Waals surface area contributed by atoms with Crippen LogP contribution in [0.25, 0.3) is 12.2 Å². The first-order valence-electron chi connectivity index (χ1n) is 9.95. The third kappa shape index (κ3) is 6.24. The number of hydrogen-bond donors (Lipinski definition) is 1. The molecule has 0 aliphatic heterocycles. The number of benzene rings is 3. The minimum Gasteiger partial charge on any atom is -0.486 e. The second-order valence-corrected chi connectivity index (χ2v) is 8.74. The van der Waals surface area contributed by atoms with Crippen LogP contribution in [0.4, 0.5) is 11.4 Å². The van der Waals surface area contributed by atoms with Gasteiger partial charge in [0, 0.05) is 24.6 Å². The molecule has 0 heterocycles. The quantitative estimate of drug-likeness (QED) is 0.196. The van der Waals surface area contributed by atoms with E-state index >= 15 is 0 Å². The summed E-state index contributed by atoms with van der Waals surface area (Å²) in [6.07, 6.45) is 3.46. The minimum atomic E-state index is -4.43. The maximum Gasteiger partial charge on any atom is 0.310 e. The van der Waals surface area contributed by atoms with Gasteiger partial charge in [-0.3, -0.25) is 24.8 Å². The molecule has 0 aliphatic carbocycles. The second-order valence-electron chi connectivity index (χ2n) is 7.35. The zero-order valence-corrected chi connectivity index (χ0v) is 18.8. The average molecular weight is 484 g/mol. The Morgan fingerprint density at radius 1 is 0.912 bits per heavy atom. The summed E-state index contributed by atoms with van der Waals surface area (Å²) in [4.78, 5) is 20.8. The van der Waals surface area contributed by atoms with Gasteiger partial charge in [-0.1, -0.05) is 29.8 Å². The summed E-state index contributed by atoms with van der Waals surface area (Å²) in [5.74, 6) is -0.00286.